The van der Waals surface area contributed by atoms with Gasteiger partial charge < -0.3 is 10.2 Å². The van der Waals surface area contributed by atoms with Crippen LogP contribution in [0.3, 0.4) is 0 Å². The summed E-state index contributed by atoms with van der Waals surface area (Å²) < 4.78 is 43.1. The van der Waals surface area contributed by atoms with Gasteiger partial charge in [0.25, 0.3) is 15.9 Å². The number of aromatic nitrogens is 1. The molecule has 2 aromatic carbocycles. The lowest BCUT2D eigenvalue weighted by Gasteiger charge is -2.26. The van der Waals surface area contributed by atoms with Gasteiger partial charge in [-0.3, -0.25) is 19.3 Å². The molecule has 1 saturated heterocycles. The maximum Gasteiger partial charge on any atom is 0.264 e. The minimum absolute atomic E-state index is 0.0437. The third kappa shape index (κ3) is 8.33. The van der Waals surface area contributed by atoms with Gasteiger partial charge in [0.2, 0.25) is 0 Å². The number of nitrogens with one attached hydrogen (secondary N) is 2. The Morgan fingerprint density at radius 2 is 1.77 bits per heavy atom. The molecule has 0 unspecified atom stereocenters. The van der Waals surface area contributed by atoms with Crippen molar-refractivity contribution >= 4 is 39.0 Å². The number of Topliss-reactive ketones (excluding diaryl/α,β-unsaturated/α-hetero) is 1. The second kappa shape index (κ2) is 13.8. The Labute approximate surface area is 239 Å². The number of carbonyl (C=O) groups excluding carboxylic acids is 2. The fraction of sp³-hybridized carbons (Fsp3) is 0.345. The molecule has 8 nitrogen and oxygen atoms in total. The summed E-state index contributed by atoms with van der Waals surface area (Å²) in [7, 11) is -4.37. The number of anilines is 1. The molecule has 1 aromatic heterocycles. The predicted octanol–water partition coefficient (Wildman–Crippen LogP) is 4.64. The van der Waals surface area contributed by atoms with E-state index in [1.54, 1.807) is 24.5 Å². The molecule has 2 heterocycles. The van der Waals surface area contributed by atoms with E-state index < -0.39 is 26.6 Å². The van der Waals surface area contributed by atoms with Crippen molar-refractivity contribution in [3.05, 3.63) is 88.5 Å². The van der Waals surface area contributed by atoms with E-state index in [1.807, 2.05) is 12.1 Å². The highest BCUT2D eigenvalue weighted by molar-refractivity contribution is 7.92. The quantitative estimate of drug-likeness (QED) is 0.320. The van der Waals surface area contributed by atoms with Crippen LogP contribution in [0, 0.1) is 5.82 Å². The first kappa shape index (κ1) is 29.6. The number of pyridine rings is 1. The molecule has 1 amide bonds. The third-order valence-electron chi connectivity index (χ3n) is 6.74. The van der Waals surface area contributed by atoms with E-state index in [9.17, 15) is 22.4 Å². The number of sulfonamides is 1. The maximum atomic E-state index is 14.7. The standard InChI is InChI=1S/C29H32ClFN4O4S/c30-26-19-27(31)28(18-25(26)29(37)33-13-16-35-14-2-1-3-15-35)40(38,39)34-23-9-6-21(7-10-23)17-24(36)11-8-22-5-4-12-32-20-22/h4-7,9-10,12,18-20,34H,1-3,8,11,13-17H2,(H,33,37). The van der Waals surface area contributed by atoms with Gasteiger partial charge in [0.1, 0.15) is 16.5 Å². The third-order valence-corrected chi connectivity index (χ3v) is 8.45. The van der Waals surface area contributed by atoms with Gasteiger partial charge >= 0.3 is 0 Å². The highest BCUT2D eigenvalue weighted by Gasteiger charge is 2.24. The van der Waals surface area contributed by atoms with Crippen molar-refractivity contribution in [2.24, 2.45) is 0 Å². The van der Waals surface area contributed by atoms with Crippen LogP contribution in [0.15, 0.2) is 65.8 Å². The lowest BCUT2D eigenvalue weighted by atomic mass is 10.0. The van der Waals surface area contributed by atoms with Crippen LogP contribution in [0.25, 0.3) is 0 Å². The number of rotatable bonds is 12. The summed E-state index contributed by atoms with van der Waals surface area (Å²) >= 11 is 6.09. The zero-order chi connectivity index (χ0) is 28.5. The van der Waals surface area contributed by atoms with Crippen LogP contribution in [0.5, 0.6) is 0 Å². The summed E-state index contributed by atoms with van der Waals surface area (Å²) in [6.07, 6.45) is 8.02. The number of aryl methyl sites for hydroxylation is 1. The van der Waals surface area contributed by atoms with Gasteiger partial charge in [-0.15, -0.1) is 0 Å². The van der Waals surface area contributed by atoms with Gasteiger partial charge in [0, 0.05) is 44.0 Å². The number of benzene rings is 2. The number of piperidine rings is 1. The minimum atomic E-state index is -4.37. The predicted molar refractivity (Wildman–Crippen MR) is 153 cm³/mol. The average Bonchev–Trinajstić information content (AvgIpc) is 2.94. The molecule has 11 heteroatoms. The van der Waals surface area contributed by atoms with Crippen LogP contribution in [0.1, 0.15) is 47.2 Å². The van der Waals surface area contributed by atoms with Gasteiger partial charge in [0.05, 0.1) is 10.6 Å². The molecule has 40 heavy (non-hydrogen) atoms. The van der Waals surface area contributed by atoms with Crippen molar-refractivity contribution in [2.45, 2.75) is 43.4 Å². The molecule has 4 rings (SSSR count). The molecule has 3 aromatic rings. The molecule has 1 aliphatic heterocycles. The van der Waals surface area contributed by atoms with E-state index >= 15 is 0 Å². The van der Waals surface area contributed by atoms with Gasteiger partial charge in [-0.1, -0.05) is 36.2 Å². The number of nitrogens with zero attached hydrogens (tertiary/aromatic N) is 2. The van der Waals surface area contributed by atoms with Crippen molar-refractivity contribution < 1.29 is 22.4 Å². The SMILES string of the molecule is O=C(CCc1cccnc1)Cc1ccc(NS(=O)(=O)c2cc(C(=O)NCCN3CCCCC3)c(Cl)cc2F)cc1. The van der Waals surface area contributed by atoms with Crippen LogP contribution in [-0.4, -0.2) is 56.2 Å². The van der Waals surface area contributed by atoms with Crippen molar-refractivity contribution in [1.82, 2.24) is 15.2 Å². The van der Waals surface area contributed by atoms with Crippen LogP contribution in [0.2, 0.25) is 5.02 Å². The average molecular weight is 587 g/mol. The zero-order valence-corrected chi connectivity index (χ0v) is 23.6. The smallest absolute Gasteiger partial charge is 0.264 e. The lowest BCUT2D eigenvalue weighted by molar-refractivity contribution is -0.118. The fourth-order valence-corrected chi connectivity index (χ4v) is 5.94. The molecule has 0 atom stereocenters. The van der Waals surface area contributed by atoms with Crippen LogP contribution in [0.4, 0.5) is 10.1 Å². The lowest BCUT2D eigenvalue weighted by Crippen LogP contribution is -2.37. The monoisotopic (exact) mass is 586 g/mol. The number of halogens is 2. The van der Waals surface area contributed by atoms with Gasteiger partial charge in [-0.25, -0.2) is 12.8 Å². The summed E-state index contributed by atoms with van der Waals surface area (Å²) in [6, 6.07) is 11.8. The minimum Gasteiger partial charge on any atom is -0.351 e. The molecular formula is C29H32ClFN4O4S. The second-order valence-corrected chi connectivity index (χ2v) is 11.9. The Bertz CT molecular complexity index is 1430. The first-order valence-electron chi connectivity index (χ1n) is 13.2. The van der Waals surface area contributed by atoms with Crippen molar-refractivity contribution in [3.63, 3.8) is 0 Å². The molecular weight excluding hydrogens is 555 g/mol. The summed E-state index contributed by atoms with van der Waals surface area (Å²) in [5.41, 5.74) is 1.77. The molecule has 2 N–H and O–H groups in total. The number of hydrogen-bond acceptors (Lipinski definition) is 6. The van der Waals surface area contributed by atoms with E-state index in [2.05, 4.69) is 19.9 Å². The Hall–Kier alpha value is -3.34. The number of likely N-dealkylation sites (tertiary alicyclic amines) is 1. The Kier molecular flexibility index (Phi) is 10.2. The van der Waals surface area contributed by atoms with E-state index in [-0.39, 0.29) is 28.5 Å². The van der Waals surface area contributed by atoms with Crippen molar-refractivity contribution in [2.75, 3.05) is 30.9 Å². The topological polar surface area (TPSA) is 108 Å². The van der Waals surface area contributed by atoms with Crippen LogP contribution in [-0.2, 0) is 27.7 Å². The number of hydrogen-bond donors (Lipinski definition) is 2. The molecule has 1 fully saturated rings. The van der Waals surface area contributed by atoms with Crippen LogP contribution >= 0.6 is 11.6 Å². The van der Waals surface area contributed by atoms with Crippen molar-refractivity contribution in [1.29, 1.82) is 0 Å². The fourth-order valence-electron chi connectivity index (χ4n) is 4.56. The van der Waals surface area contributed by atoms with Gasteiger partial charge in [-0.05, 0) is 73.8 Å². The first-order chi connectivity index (χ1) is 19.2. The first-order valence-corrected chi connectivity index (χ1v) is 15.1. The molecule has 0 radical (unpaired) electrons. The maximum absolute atomic E-state index is 14.7. The van der Waals surface area contributed by atoms with E-state index in [4.69, 9.17) is 11.6 Å². The summed E-state index contributed by atoms with van der Waals surface area (Å²) in [5, 5.41) is 2.57. The molecule has 0 saturated carbocycles. The van der Waals surface area contributed by atoms with Gasteiger partial charge in [-0.2, -0.15) is 0 Å². The Morgan fingerprint density at radius 3 is 2.48 bits per heavy atom. The normalized spacial score (nSPS) is 14.1. The highest BCUT2D eigenvalue weighted by atomic mass is 35.5. The molecule has 0 bridgehead atoms. The number of carbonyl (C=O) groups is 2. The van der Waals surface area contributed by atoms with E-state index in [1.165, 1.54) is 18.6 Å². The second-order valence-electron chi connectivity index (χ2n) is 9.80. The summed E-state index contributed by atoms with van der Waals surface area (Å²) in [4.78, 5) is 30.7. The number of ketones is 1. The molecule has 0 spiro atoms. The zero-order valence-electron chi connectivity index (χ0n) is 22.0. The molecule has 0 aliphatic carbocycles. The van der Waals surface area contributed by atoms with Crippen molar-refractivity contribution in [3.8, 4) is 0 Å². The largest absolute Gasteiger partial charge is 0.351 e. The molecule has 212 valence electrons. The highest BCUT2D eigenvalue weighted by Crippen LogP contribution is 2.26. The Balaban J connectivity index is 1.36. The van der Waals surface area contributed by atoms with Gasteiger partial charge in [0.15, 0.2) is 0 Å². The Morgan fingerprint density at radius 1 is 1.02 bits per heavy atom. The van der Waals surface area contributed by atoms with Crippen LogP contribution < -0.4 is 10.0 Å². The summed E-state index contributed by atoms with van der Waals surface area (Å²) in [5.74, 6) is -1.60. The van der Waals surface area contributed by atoms with E-state index in [0.717, 1.165) is 49.2 Å². The van der Waals surface area contributed by atoms with E-state index in [0.29, 0.717) is 25.9 Å². The number of amides is 1. The molecule has 1 aliphatic rings. The summed E-state index contributed by atoms with van der Waals surface area (Å²) in [6.45, 7) is 2.99.